The number of esters is 1. The number of hydrogen-bond acceptors (Lipinski definition) is 3. The average molecular weight is 455 g/mol. The van der Waals surface area contributed by atoms with E-state index in [1.807, 2.05) is 6.92 Å². The van der Waals surface area contributed by atoms with Crippen molar-refractivity contribution in [3.05, 3.63) is 28.8 Å². The lowest BCUT2D eigenvalue weighted by molar-refractivity contribution is -0.153. The standard InChI is InChI=1S/C21H25BrClNO3/c1-13-16(23)3-2-4-17(13)24-18(25)11-27-19(26)10-20-6-14-5-15(7-20)9-21(22,8-14)12-20/h2-4,14-15H,5-12H2,1H3,(H,24,25)/t14-,15-,20?,21?/m1/s1. The first-order chi connectivity index (χ1) is 12.8. The fourth-order valence-electron chi connectivity index (χ4n) is 5.98. The van der Waals surface area contributed by atoms with Gasteiger partial charge < -0.3 is 10.1 Å². The summed E-state index contributed by atoms with van der Waals surface area (Å²) >= 11 is 10.0. The number of halogens is 2. The Morgan fingerprint density at radius 1 is 1.26 bits per heavy atom. The van der Waals surface area contributed by atoms with Crippen molar-refractivity contribution in [2.24, 2.45) is 17.3 Å². The minimum atomic E-state index is -0.337. The Balaban J connectivity index is 1.31. The summed E-state index contributed by atoms with van der Waals surface area (Å²) in [6.45, 7) is 1.58. The molecule has 0 radical (unpaired) electrons. The van der Waals surface area contributed by atoms with Crippen molar-refractivity contribution < 1.29 is 14.3 Å². The molecule has 4 aliphatic carbocycles. The van der Waals surface area contributed by atoms with Crippen molar-refractivity contribution in [3.8, 4) is 0 Å². The largest absolute Gasteiger partial charge is 0.456 e. The monoisotopic (exact) mass is 453 g/mol. The number of rotatable bonds is 5. The van der Waals surface area contributed by atoms with Crippen molar-refractivity contribution in [2.45, 2.75) is 56.2 Å². The molecule has 0 unspecified atom stereocenters. The molecule has 146 valence electrons. The van der Waals surface area contributed by atoms with Crippen LogP contribution >= 0.6 is 27.5 Å². The summed E-state index contributed by atoms with van der Waals surface area (Å²) in [5.41, 5.74) is 1.51. The van der Waals surface area contributed by atoms with Gasteiger partial charge in [-0.2, -0.15) is 0 Å². The lowest BCUT2D eigenvalue weighted by atomic mass is 9.49. The Bertz CT molecular complexity index is 767. The van der Waals surface area contributed by atoms with Gasteiger partial charge >= 0.3 is 5.97 Å². The number of carbonyl (C=O) groups is 2. The zero-order valence-electron chi connectivity index (χ0n) is 15.5. The number of alkyl halides is 1. The van der Waals surface area contributed by atoms with Crippen LogP contribution < -0.4 is 5.32 Å². The third-order valence-electron chi connectivity index (χ3n) is 6.54. The van der Waals surface area contributed by atoms with Crippen LogP contribution in [0.1, 0.15) is 50.5 Å². The van der Waals surface area contributed by atoms with Gasteiger partial charge in [-0.05, 0) is 80.4 Å². The molecule has 4 saturated carbocycles. The normalized spacial score (nSPS) is 33.7. The molecule has 27 heavy (non-hydrogen) atoms. The van der Waals surface area contributed by atoms with Crippen LogP contribution in [0.25, 0.3) is 0 Å². The molecule has 0 spiro atoms. The van der Waals surface area contributed by atoms with E-state index in [0.29, 0.717) is 17.1 Å². The van der Waals surface area contributed by atoms with Crippen LogP contribution in [0.15, 0.2) is 18.2 Å². The highest BCUT2D eigenvalue weighted by Crippen LogP contribution is 2.65. The molecule has 0 saturated heterocycles. The Hall–Kier alpha value is -1.07. The van der Waals surface area contributed by atoms with Gasteiger partial charge in [0, 0.05) is 15.0 Å². The highest BCUT2D eigenvalue weighted by Gasteiger charge is 2.57. The molecule has 6 heteroatoms. The van der Waals surface area contributed by atoms with Crippen LogP contribution in [0.2, 0.25) is 5.02 Å². The van der Waals surface area contributed by atoms with Crippen LogP contribution in [0, 0.1) is 24.2 Å². The SMILES string of the molecule is Cc1c(Cl)cccc1NC(=O)COC(=O)CC12C[C@H]3C[C@@H](CC(Br)(C3)C1)C2. The molecule has 4 bridgehead atoms. The first-order valence-corrected chi connectivity index (χ1v) is 10.8. The second-order valence-corrected chi connectivity index (χ2v) is 11.0. The number of carbonyl (C=O) groups excluding carboxylic acids is 2. The summed E-state index contributed by atoms with van der Waals surface area (Å²) in [6.07, 6.45) is 7.52. The van der Waals surface area contributed by atoms with E-state index in [-0.39, 0.29) is 28.2 Å². The van der Waals surface area contributed by atoms with Crippen LogP contribution in [0.3, 0.4) is 0 Å². The molecular weight excluding hydrogens is 430 g/mol. The molecule has 4 fully saturated rings. The third kappa shape index (κ3) is 4.04. The van der Waals surface area contributed by atoms with Gasteiger partial charge in [-0.15, -0.1) is 0 Å². The van der Waals surface area contributed by atoms with E-state index in [1.54, 1.807) is 18.2 Å². The number of nitrogens with one attached hydrogen (secondary N) is 1. The Labute approximate surface area is 173 Å². The van der Waals surface area contributed by atoms with E-state index in [1.165, 1.54) is 19.3 Å². The third-order valence-corrected chi connectivity index (χ3v) is 7.87. The highest BCUT2D eigenvalue weighted by molar-refractivity contribution is 9.10. The summed E-state index contributed by atoms with van der Waals surface area (Å²) in [6, 6.07) is 5.33. The number of amides is 1. The van der Waals surface area contributed by atoms with E-state index in [9.17, 15) is 9.59 Å². The van der Waals surface area contributed by atoms with Gasteiger partial charge in [0.2, 0.25) is 0 Å². The van der Waals surface area contributed by atoms with Gasteiger partial charge in [0.05, 0.1) is 6.42 Å². The van der Waals surface area contributed by atoms with Crippen molar-refractivity contribution in [3.63, 3.8) is 0 Å². The number of benzene rings is 1. The van der Waals surface area contributed by atoms with Crippen molar-refractivity contribution in [2.75, 3.05) is 11.9 Å². The maximum absolute atomic E-state index is 12.5. The van der Waals surface area contributed by atoms with Crippen LogP contribution in [0.5, 0.6) is 0 Å². The predicted octanol–water partition coefficient (Wildman–Crippen LogP) is 5.25. The smallest absolute Gasteiger partial charge is 0.306 e. The number of ether oxygens (including phenoxy) is 1. The Morgan fingerprint density at radius 2 is 1.96 bits per heavy atom. The van der Waals surface area contributed by atoms with Crippen molar-refractivity contribution >= 4 is 45.1 Å². The first kappa shape index (κ1) is 19.3. The zero-order valence-corrected chi connectivity index (χ0v) is 17.9. The number of anilines is 1. The molecule has 1 amide bonds. The Kier molecular flexibility index (Phi) is 5.04. The molecule has 0 aromatic heterocycles. The summed E-state index contributed by atoms with van der Waals surface area (Å²) in [4.78, 5) is 24.6. The molecule has 0 heterocycles. The molecule has 2 atom stereocenters. The van der Waals surface area contributed by atoms with Crippen LogP contribution in [-0.2, 0) is 14.3 Å². The maximum Gasteiger partial charge on any atom is 0.306 e. The summed E-state index contributed by atoms with van der Waals surface area (Å²) < 4.78 is 5.54. The van der Waals surface area contributed by atoms with Gasteiger partial charge in [-0.1, -0.05) is 33.6 Å². The second-order valence-electron chi connectivity index (χ2n) is 8.91. The average Bonchev–Trinajstić information content (AvgIpc) is 2.54. The predicted molar refractivity (Wildman–Crippen MR) is 109 cm³/mol. The quantitative estimate of drug-likeness (QED) is 0.488. The van der Waals surface area contributed by atoms with Crippen LogP contribution in [-0.4, -0.2) is 22.8 Å². The minimum Gasteiger partial charge on any atom is -0.456 e. The van der Waals surface area contributed by atoms with Gasteiger partial charge in [-0.3, -0.25) is 9.59 Å². The van der Waals surface area contributed by atoms with Gasteiger partial charge in [0.25, 0.3) is 5.91 Å². The molecule has 1 aromatic rings. The fourth-order valence-corrected chi connectivity index (χ4v) is 7.66. The van der Waals surface area contributed by atoms with Crippen molar-refractivity contribution in [1.29, 1.82) is 0 Å². The van der Waals surface area contributed by atoms with E-state index in [4.69, 9.17) is 16.3 Å². The summed E-state index contributed by atoms with van der Waals surface area (Å²) in [5.74, 6) is 0.863. The van der Waals surface area contributed by atoms with E-state index in [2.05, 4.69) is 21.2 Å². The molecule has 1 aromatic carbocycles. The second kappa shape index (κ2) is 7.07. The molecule has 4 nitrogen and oxygen atoms in total. The minimum absolute atomic E-state index is 0.0602. The molecule has 4 aliphatic rings. The van der Waals surface area contributed by atoms with Gasteiger partial charge in [-0.25, -0.2) is 0 Å². The van der Waals surface area contributed by atoms with E-state index < -0.39 is 0 Å². The lowest BCUT2D eigenvalue weighted by Crippen LogP contribution is -2.53. The summed E-state index contributed by atoms with van der Waals surface area (Å²) in [7, 11) is 0. The highest BCUT2D eigenvalue weighted by atomic mass is 79.9. The topological polar surface area (TPSA) is 55.4 Å². The van der Waals surface area contributed by atoms with E-state index >= 15 is 0 Å². The molecule has 5 rings (SSSR count). The zero-order chi connectivity index (χ0) is 19.2. The first-order valence-electron chi connectivity index (χ1n) is 9.65. The van der Waals surface area contributed by atoms with Gasteiger partial charge in [0.1, 0.15) is 0 Å². The lowest BCUT2D eigenvalue weighted by Gasteiger charge is -2.60. The van der Waals surface area contributed by atoms with Gasteiger partial charge in [0.15, 0.2) is 6.61 Å². The maximum atomic E-state index is 12.5. The fraction of sp³-hybridized carbons (Fsp3) is 0.619. The van der Waals surface area contributed by atoms with E-state index in [0.717, 1.165) is 36.7 Å². The molecule has 0 aliphatic heterocycles. The number of hydrogen-bond donors (Lipinski definition) is 1. The van der Waals surface area contributed by atoms with Crippen molar-refractivity contribution in [1.82, 2.24) is 0 Å². The van der Waals surface area contributed by atoms with Crippen LogP contribution in [0.4, 0.5) is 5.69 Å². The molecular formula is C21H25BrClNO3. The summed E-state index contributed by atoms with van der Waals surface area (Å²) in [5, 5.41) is 3.36. The Morgan fingerprint density at radius 3 is 2.63 bits per heavy atom. The molecule has 1 N–H and O–H groups in total.